The Hall–Kier alpha value is -2.21. The topological polar surface area (TPSA) is 66.1 Å². The first-order valence-electron chi connectivity index (χ1n) is 4.77. The van der Waals surface area contributed by atoms with E-state index in [1.54, 1.807) is 30.5 Å². The summed E-state index contributed by atoms with van der Waals surface area (Å²) >= 11 is 6.02. The zero-order valence-electron chi connectivity index (χ0n) is 8.59. The van der Waals surface area contributed by atoms with Gasteiger partial charge >= 0.3 is 0 Å². The monoisotopic (exact) mass is 243 g/mol. The number of hydrogen-bond donors (Lipinski definition) is 0. The fourth-order valence-corrected chi connectivity index (χ4v) is 1.82. The third-order valence-electron chi connectivity index (χ3n) is 2.35. The minimum atomic E-state index is -0.901. The molecule has 0 amide bonds. The summed E-state index contributed by atoms with van der Waals surface area (Å²) in [4.78, 5) is 17.9. The molecule has 1 unspecified atom stereocenters. The van der Waals surface area contributed by atoms with E-state index in [-0.39, 0.29) is 0 Å². The van der Waals surface area contributed by atoms with Crippen molar-refractivity contribution in [2.45, 2.75) is 6.04 Å². The van der Waals surface area contributed by atoms with Gasteiger partial charge in [0.05, 0.1) is 11.6 Å². The molecule has 0 N–H and O–H groups in total. The van der Waals surface area contributed by atoms with Gasteiger partial charge in [-0.3, -0.25) is 4.98 Å². The van der Waals surface area contributed by atoms with Crippen LogP contribution < -0.4 is 0 Å². The molecule has 0 spiro atoms. The van der Waals surface area contributed by atoms with Crippen LogP contribution in [-0.4, -0.2) is 11.1 Å². The lowest BCUT2D eigenvalue weighted by molar-refractivity contribution is 0.561. The second kappa shape index (κ2) is 4.75. The average Bonchev–Trinajstić information content (AvgIpc) is 2.37. The van der Waals surface area contributed by atoms with Crippen molar-refractivity contribution in [1.82, 2.24) is 4.98 Å². The van der Waals surface area contributed by atoms with Gasteiger partial charge in [-0.25, -0.2) is 4.79 Å². The van der Waals surface area contributed by atoms with Crippen molar-refractivity contribution in [1.29, 1.82) is 5.26 Å². The van der Waals surface area contributed by atoms with Crippen molar-refractivity contribution in [2.75, 3.05) is 0 Å². The molecule has 1 heterocycles. The molecule has 0 aliphatic rings. The molecule has 17 heavy (non-hydrogen) atoms. The number of aliphatic imine (C=N–C) groups is 1. The van der Waals surface area contributed by atoms with Gasteiger partial charge in [0.1, 0.15) is 0 Å². The maximum atomic E-state index is 10.3. The summed E-state index contributed by atoms with van der Waals surface area (Å²) < 4.78 is 0. The molecule has 0 fully saturated rings. The zero-order valence-corrected chi connectivity index (χ0v) is 9.35. The van der Waals surface area contributed by atoms with Gasteiger partial charge < -0.3 is 0 Å². The zero-order chi connectivity index (χ0) is 12.3. The second-order valence-corrected chi connectivity index (χ2v) is 3.70. The Morgan fingerprint density at radius 2 is 2.24 bits per heavy atom. The second-order valence-electron chi connectivity index (χ2n) is 3.29. The molecule has 1 atom stereocenters. The first kappa shape index (κ1) is 11.3. The highest BCUT2D eigenvalue weighted by molar-refractivity contribution is 6.35. The number of carbonyl (C=O) groups excluding carboxylic acids is 1. The van der Waals surface area contributed by atoms with Crippen molar-refractivity contribution >= 4 is 28.6 Å². The van der Waals surface area contributed by atoms with E-state index in [2.05, 4.69) is 9.98 Å². The molecule has 1 aromatic carbocycles. The summed E-state index contributed by atoms with van der Waals surface area (Å²) in [5.41, 5.74) is 1.13. The molecule has 0 saturated carbocycles. The van der Waals surface area contributed by atoms with Gasteiger partial charge in [0.25, 0.3) is 0 Å². The number of halogens is 1. The first-order valence-corrected chi connectivity index (χ1v) is 5.15. The van der Waals surface area contributed by atoms with Crippen LogP contribution in [0.5, 0.6) is 0 Å². The number of aromatic nitrogens is 1. The van der Waals surface area contributed by atoms with Crippen LogP contribution >= 0.6 is 11.6 Å². The van der Waals surface area contributed by atoms with Crippen molar-refractivity contribution < 1.29 is 4.79 Å². The number of rotatable bonds is 2. The number of nitrogens with zero attached hydrogens (tertiary/aromatic N) is 3. The SMILES string of the molecule is N#CC(N=C=O)c1ccc(Cl)c2cccnc12. The molecular formula is C12H6ClN3O. The lowest BCUT2D eigenvalue weighted by Gasteiger charge is -2.07. The molecule has 82 valence electrons. The van der Waals surface area contributed by atoms with Gasteiger partial charge in [-0.05, 0) is 18.2 Å². The van der Waals surface area contributed by atoms with Gasteiger partial charge in [0.2, 0.25) is 6.08 Å². The highest BCUT2D eigenvalue weighted by Gasteiger charge is 2.14. The Morgan fingerprint density at radius 3 is 2.94 bits per heavy atom. The number of nitriles is 1. The molecule has 4 nitrogen and oxygen atoms in total. The van der Waals surface area contributed by atoms with Crippen LogP contribution in [0.3, 0.4) is 0 Å². The first-order chi connectivity index (χ1) is 8.27. The number of isocyanates is 1. The minimum Gasteiger partial charge on any atom is -0.256 e. The molecule has 5 heteroatoms. The summed E-state index contributed by atoms with van der Waals surface area (Å²) in [6.45, 7) is 0. The van der Waals surface area contributed by atoms with E-state index >= 15 is 0 Å². The summed E-state index contributed by atoms with van der Waals surface area (Å²) in [7, 11) is 0. The van der Waals surface area contributed by atoms with E-state index in [0.717, 1.165) is 5.39 Å². The van der Waals surface area contributed by atoms with Crippen LogP contribution in [0.4, 0.5) is 0 Å². The Labute approximate surface area is 102 Å². The van der Waals surface area contributed by atoms with E-state index in [1.165, 1.54) is 6.08 Å². The van der Waals surface area contributed by atoms with E-state index in [1.807, 2.05) is 6.07 Å². The van der Waals surface area contributed by atoms with Gasteiger partial charge in [-0.15, -0.1) is 0 Å². The van der Waals surface area contributed by atoms with Crippen LogP contribution in [-0.2, 0) is 4.79 Å². The van der Waals surface area contributed by atoms with E-state index in [4.69, 9.17) is 16.9 Å². The lowest BCUT2D eigenvalue weighted by Crippen LogP contribution is -1.95. The van der Waals surface area contributed by atoms with E-state index < -0.39 is 6.04 Å². The number of benzene rings is 1. The smallest absolute Gasteiger partial charge is 0.236 e. The number of fused-ring (bicyclic) bond motifs is 1. The molecule has 2 aromatic rings. The van der Waals surface area contributed by atoms with Crippen LogP contribution in [0.2, 0.25) is 5.02 Å². The predicted octanol–water partition coefficient (Wildman–Crippen LogP) is 2.79. The fourth-order valence-electron chi connectivity index (χ4n) is 1.60. The maximum Gasteiger partial charge on any atom is 0.236 e. The van der Waals surface area contributed by atoms with Gasteiger partial charge in [0, 0.05) is 22.2 Å². The predicted molar refractivity (Wildman–Crippen MR) is 63.2 cm³/mol. The molecule has 0 bridgehead atoms. The van der Waals surface area contributed by atoms with Crippen molar-refractivity contribution in [3.8, 4) is 6.07 Å². The van der Waals surface area contributed by atoms with Crippen molar-refractivity contribution in [3.63, 3.8) is 0 Å². The highest BCUT2D eigenvalue weighted by atomic mass is 35.5. The number of pyridine rings is 1. The third kappa shape index (κ3) is 2.02. The highest BCUT2D eigenvalue weighted by Crippen LogP contribution is 2.29. The Morgan fingerprint density at radius 1 is 1.41 bits per heavy atom. The molecule has 0 aliphatic heterocycles. The molecule has 1 aromatic heterocycles. The summed E-state index contributed by atoms with van der Waals surface area (Å²) in [5, 5.41) is 10.2. The maximum absolute atomic E-state index is 10.3. The Balaban J connectivity index is 2.75. The van der Waals surface area contributed by atoms with E-state index in [0.29, 0.717) is 16.1 Å². The normalized spacial score (nSPS) is 11.5. The summed E-state index contributed by atoms with van der Waals surface area (Å²) in [6.07, 6.45) is 2.99. The van der Waals surface area contributed by atoms with Gasteiger partial charge in [-0.2, -0.15) is 10.3 Å². The molecular weight excluding hydrogens is 238 g/mol. The summed E-state index contributed by atoms with van der Waals surface area (Å²) in [6, 6.07) is 7.87. The average molecular weight is 244 g/mol. The van der Waals surface area contributed by atoms with Gasteiger partial charge in [-0.1, -0.05) is 17.7 Å². The minimum absolute atomic E-state index is 0.545. The van der Waals surface area contributed by atoms with Crippen LogP contribution in [0.15, 0.2) is 35.5 Å². The largest absolute Gasteiger partial charge is 0.256 e. The fraction of sp³-hybridized carbons (Fsp3) is 0.0833. The molecule has 0 saturated heterocycles. The Kier molecular flexibility index (Phi) is 3.15. The number of hydrogen-bond acceptors (Lipinski definition) is 4. The van der Waals surface area contributed by atoms with Crippen molar-refractivity contribution in [2.24, 2.45) is 4.99 Å². The van der Waals surface area contributed by atoms with Crippen LogP contribution in [0.25, 0.3) is 10.9 Å². The molecule has 2 rings (SSSR count). The van der Waals surface area contributed by atoms with Crippen LogP contribution in [0, 0.1) is 11.3 Å². The standard InChI is InChI=1S/C12H6ClN3O/c13-10-4-3-9(11(6-14)16-7-17)12-8(10)2-1-5-15-12/h1-5,11H. The summed E-state index contributed by atoms with van der Waals surface area (Å²) in [5.74, 6) is 0. The quantitative estimate of drug-likeness (QED) is 0.602. The molecule has 0 radical (unpaired) electrons. The van der Waals surface area contributed by atoms with E-state index in [9.17, 15) is 4.79 Å². The Bertz CT molecular complexity index is 656. The van der Waals surface area contributed by atoms with Crippen molar-refractivity contribution in [3.05, 3.63) is 41.0 Å². The van der Waals surface area contributed by atoms with Crippen LogP contribution in [0.1, 0.15) is 11.6 Å². The third-order valence-corrected chi connectivity index (χ3v) is 2.68. The lowest BCUT2D eigenvalue weighted by atomic mass is 10.0. The van der Waals surface area contributed by atoms with Gasteiger partial charge in [0.15, 0.2) is 6.04 Å². The molecule has 0 aliphatic carbocycles.